The van der Waals surface area contributed by atoms with E-state index in [9.17, 15) is 9.59 Å². The largest absolute Gasteiger partial charge is 0.480 e. The molecule has 1 atom stereocenters. The first-order chi connectivity index (χ1) is 8.66. The summed E-state index contributed by atoms with van der Waals surface area (Å²) >= 11 is 0. The molecule has 0 aromatic rings. The highest BCUT2D eigenvalue weighted by Crippen LogP contribution is 2.44. The van der Waals surface area contributed by atoms with Crippen molar-refractivity contribution >= 4 is 12.0 Å². The van der Waals surface area contributed by atoms with Crippen molar-refractivity contribution in [2.24, 2.45) is 11.8 Å². The molecule has 1 aliphatic heterocycles. The average molecular weight is 252 g/mol. The summed E-state index contributed by atoms with van der Waals surface area (Å²) in [7, 11) is 0. The van der Waals surface area contributed by atoms with Crippen molar-refractivity contribution in [1.82, 2.24) is 10.2 Å². The molecule has 0 radical (unpaired) electrons. The molecular formula is C13H20N2O3. The van der Waals surface area contributed by atoms with E-state index < -0.39 is 12.0 Å². The molecule has 18 heavy (non-hydrogen) atoms. The normalized spacial score (nSPS) is 27.6. The topological polar surface area (TPSA) is 69.6 Å². The third-order valence-corrected chi connectivity index (χ3v) is 4.35. The predicted molar refractivity (Wildman–Crippen MR) is 65.1 cm³/mol. The fraction of sp³-hybridized carbons (Fsp3) is 0.846. The van der Waals surface area contributed by atoms with Crippen LogP contribution in [0, 0.1) is 11.8 Å². The summed E-state index contributed by atoms with van der Waals surface area (Å²) in [6, 6.07) is -0.486. The van der Waals surface area contributed by atoms with E-state index in [1.807, 2.05) is 0 Å². The summed E-state index contributed by atoms with van der Waals surface area (Å²) in [5, 5.41) is 12.2. The molecule has 2 amide bonds. The van der Waals surface area contributed by atoms with Crippen LogP contribution in [0.2, 0.25) is 0 Å². The number of carbonyl (C=O) groups is 2. The maximum Gasteiger partial charge on any atom is 0.326 e. The average Bonchev–Trinajstić information content (AvgIpc) is 3.24. The van der Waals surface area contributed by atoms with E-state index in [-0.39, 0.29) is 6.03 Å². The number of urea groups is 1. The van der Waals surface area contributed by atoms with Crippen molar-refractivity contribution in [3.63, 3.8) is 0 Å². The molecule has 5 nitrogen and oxygen atoms in total. The van der Waals surface area contributed by atoms with E-state index in [4.69, 9.17) is 5.11 Å². The number of hydrogen-bond acceptors (Lipinski definition) is 2. The number of carbonyl (C=O) groups excluding carboxylic acids is 1. The summed E-state index contributed by atoms with van der Waals surface area (Å²) in [5.41, 5.74) is 0. The van der Waals surface area contributed by atoms with E-state index in [2.05, 4.69) is 5.32 Å². The number of rotatable bonds is 4. The Labute approximate surface area is 107 Å². The van der Waals surface area contributed by atoms with E-state index in [0.29, 0.717) is 30.8 Å². The molecule has 1 heterocycles. The molecule has 0 bridgehead atoms. The van der Waals surface area contributed by atoms with Gasteiger partial charge >= 0.3 is 12.0 Å². The fourth-order valence-electron chi connectivity index (χ4n) is 3.02. The Balaban J connectivity index is 1.61. The summed E-state index contributed by atoms with van der Waals surface area (Å²) in [6.07, 6.45) is 6.23. The molecule has 3 rings (SSSR count). The number of amides is 2. The lowest BCUT2D eigenvalue weighted by atomic mass is 10.1. The monoisotopic (exact) mass is 252 g/mol. The van der Waals surface area contributed by atoms with Gasteiger partial charge in [0.15, 0.2) is 0 Å². The van der Waals surface area contributed by atoms with Crippen LogP contribution in [0.5, 0.6) is 0 Å². The summed E-state index contributed by atoms with van der Waals surface area (Å²) < 4.78 is 0. The fourth-order valence-corrected chi connectivity index (χ4v) is 3.02. The zero-order chi connectivity index (χ0) is 12.7. The van der Waals surface area contributed by atoms with Crippen LogP contribution in [-0.4, -0.2) is 40.6 Å². The highest BCUT2D eigenvalue weighted by atomic mass is 16.4. The van der Waals surface area contributed by atoms with Crippen LogP contribution in [-0.2, 0) is 4.79 Å². The molecule has 100 valence electrons. The third kappa shape index (κ3) is 2.31. The van der Waals surface area contributed by atoms with Gasteiger partial charge in [-0.1, -0.05) is 0 Å². The lowest BCUT2D eigenvalue weighted by molar-refractivity contribution is -0.141. The number of carboxylic acid groups (broad SMARTS) is 1. The number of nitrogens with zero attached hydrogens (tertiary/aromatic N) is 1. The molecule has 1 saturated heterocycles. The summed E-state index contributed by atoms with van der Waals surface area (Å²) in [5.74, 6) is 0.414. The van der Waals surface area contributed by atoms with Gasteiger partial charge in [-0.25, -0.2) is 9.59 Å². The highest BCUT2D eigenvalue weighted by molar-refractivity contribution is 5.83. The maximum absolute atomic E-state index is 12.2. The van der Waals surface area contributed by atoms with E-state index in [1.165, 1.54) is 30.6 Å². The Morgan fingerprint density at radius 1 is 1.11 bits per heavy atom. The third-order valence-electron chi connectivity index (χ3n) is 4.35. The van der Waals surface area contributed by atoms with E-state index in [0.717, 1.165) is 6.42 Å². The van der Waals surface area contributed by atoms with Gasteiger partial charge in [0.05, 0.1) is 0 Å². The van der Waals surface area contributed by atoms with Crippen LogP contribution < -0.4 is 5.32 Å². The van der Waals surface area contributed by atoms with Gasteiger partial charge in [0, 0.05) is 12.6 Å². The molecule has 2 aliphatic carbocycles. The van der Waals surface area contributed by atoms with Gasteiger partial charge in [-0.15, -0.1) is 0 Å². The minimum absolute atomic E-state index is 0.163. The molecular weight excluding hydrogens is 232 g/mol. The van der Waals surface area contributed by atoms with Crippen molar-refractivity contribution in [2.45, 2.75) is 50.6 Å². The minimum Gasteiger partial charge on any atom is -0.480 e. The lowest BCUT2D eigenvalue weighted by Crippen LogP contribution is -2.50. The zero-order valence-corrected chi connectivity index (χ0v) is 10.5. The van der Waals surface area contributed by atoms with Crippen LogP contribution in [0.15, 0.2) is 0 Å². The molecule has 3 aliphatic rings. The smallest absolute Gasteiger partial charge is 0.326 e. The number of carboxylic acids is 1. The van der Waals surface area contributed by atoms with Crippen molar-refractivity contribution in [2.75, 3.05) is 6.54 Å². The molecule has 3 fully saturated rings. The second kappa shape index (κ2) is 4.44. The molecule has 0 spiro atoms. The first kappa shape index (κ1) is 11.8. The van der Waals surface area contributed by atoms with Crippen molar-refractivity contribution < 1.29 is 14.7 Å². The Bertz CT molecular complexity index is 351. The number of aliphatic carboxylic acids is 1. The second-order valence-corrected chi connectivity index (χ2v) is 5.84. The van der Waals surface area contributed by atoms with Crippen molar-refractivity contribution in [3.8, 4) is 0 Å². The SMILES string of the molecule is O=C(O)C1CCCN1C(=O)NC(C1CC1)C1CC1. The first-order valence-corrected chi connectivity index (χ1v) is 6.97. The Morgan fingerprint density at radius 2 is 1.72 bits per heavy atom. The molecule has 2 saturated carbocycles. The first-order valence-electron chi connectivity index (χ1n) is 6.97. The van der Waals surface area contributed by atoms with Crippen LogP contribution >= 0.6 is 0 Å². The number of nitrogens with one attached hydrogen (secondary N) is 1. The summed E-state index contributed by atoms with van der Waals surface area (Å²) in [6.45, 7) is 0.574. The zero-order valence-electron chi connectivity index (χ0n) is 10.5. The van der Waals surface area contributed by atoms with Gasteiger partial charge in [-0.2, -0.15) is 0 Å². The molecule has 1 unspecified atom stereocenters. The van der Waals surface area contributed by atoms with Crippen LogP contribution in [0.25, 0.3) is 0 Å². The Kier molecular flexibility index (Phi) is 2.92. The Morgan fingerprint density at radius 3 is 2.22 bits per heavy atom. The number of likely N-dealkylation sites (tertiary alicyclic amines) is 1. The molecule has 0 aromatic carbocycles. The minimum atomic E-state index is -0.878. The van der Waals surface area contributed by atoms with Gasteiger partial charge in [0.1, 0.15) is 6.04 Å². The van der Waals surface area contributed by atoms with Crippen LogP contribution in [0.3, 0.4) is 0 Å². The second-order valence-electron chi connectivity index (χ2n) is 5.84. The van der Waals surface area contributed by atoms with Gasteiger partial charge < -0.3 is 15.3 Å². The van der Waals surface area contributed by atoms with Crippen LogP contribution in [0.1, 0.15) is 38.5 Å². The van der Waals surface area contributed by atoms with Crippen molar-refractivity contribution in [3.05, 3.63) is 0 Å². The van der Waals surface area contributed by atoms with E-state index >= 15 is 0 Å². The van der Waals surface area contributed by atoms with Gasteiger partial charge in [0.25, 0.3) is 0 Å². The molecule has 5 heteroatoms. The van der Waals surface area contributed by atoms with E-state index in [1.54, 1.807) is 0 Å². The van der Waals surface area contributed by atoms with Gasteiger partial charge in [-0.05, 0) is 50.4 Å². The van der Waals surface area contributed by atoms with Crippen LogP contribution in [0.4, 0.5) is 4.79 Å². The highest BCUT2D eigenvalue weighted by Gasteiger charge is 2.44. The number of hydrogen-bond donors (Lipinski definition) is 2. The Hall–Kier alpha value is -1.26. The lowest BCUT2D eigenvalue weighted by Gasteiger charge is -2.26. The van der Waals surface area contributed by atoms with Crippen molar-refractivity contribution in [1.29, 1.82) is 0 Å². The predicted octanol–water partition coefficient (Wildman–Crippen LogP) is 1.43. The summed E-state index contributed by atoms with van der Waals surface area (Å²) in [4.78, 5) is 24.8. The quantitative estimate of drug-likeness (QED) is 0.795. The van der Waals surface area contributed by atoms with Gasteiger partial charge in [0.2, 0.25) is 0 Å². The molecule has 2 N–H and O–H groups in total. The standard InChI is InChI=1S/C13H20N2O3/c16-12(17)10-2-1-7-15(10)13(18)14-11(8-3-4-8)9-5-6-9/h8-11H,1-7H2,(H,14,18)(H,16,17). The van der Waals surface area contributed by atoms with Gasteiger partial charge in [-0.3, -0.25) is 0 Å². The maximum atomic E-state index is 12.2. The molecule has 0 aromatic heterocycles.